The second-order valence-electron chi connectivity index (χ2n) is 4.65. The molecular formula is C12H18ClN5S. The van der Waals surface area contributed by atoms with Crippen molar-refractivity contribution in [3.8, 4) is 0 Å². The van der Waals surface area contributed by atoms with Crippen LogP contribution >= 0.6 is 23.1 Å². The standard InChI is InChI=1S/C12H18ClN5S/c1-5-10-9(12(13)18(4)15-10)6-17(3)7-11-8(2)14-16-19-11/h5-7H2,1-4H3. The summed E-state index contributed by atoms with van der Waals surface area (Å²) in [4.78, 5) is 3.41. The van der Waals surface area contributed by atoms with E-state index in [4.69, 9.17) is 11.6 Å². The first kappa shape index (κ1) is 14.4. The van der Waals surface area contributed by atoms with Crippen molar-refractivity contribution in [1.82, 2.24) is 24.3 Å². The molecule has 0 radical (unpaired) electrons. The van der Waals surface area contributed by atoms with Gasteiger partial charge in [0.25, 0.3) is 0 Å². The number of rotatable bonds is 5. The Balaban J connectivity index is 2.11. The van der Waals surface area contributed by atoms with Crippen LogP contribution in [0.4, 0.5) is 0 Å². The molecule has 2 rings (SSSR count). The van der Waals surface area contributed by atoms with Crippen LogP contribution in [0.15, 0.2) is 0 Å². The van der Waals surface area contributed by atoms with Crippen LogP contribution in [0.1, 0.15) is 28.8 Å². The third kappa shape index (κ3) is 3.13. The zero-order chi connectivity index (χ0) is 14.0. The summed E-state index contributed by atoms with van der Waals surface area (Å²) in [6.45, 7) is 5.70. The molecule has 0 aliphatic heterocycles. The topological polar surface area (TPSA) is 46.8 Å². The van der Waals surface area contributed by atoms with Crippen molar-refractivity contribution < 1.29 is 0 Å². The van der Waals surface area contributed by atoms with E-state index in [0.717, 1.165) is 41.6 Å². The van der Waals surface area contributed by atoms with Crippen molar-refractivity contribution in [3.63, 3.8) is 0 Å². The summed E-state index contributed by atoms with van der Waals surface area (Å²) in [7, 11) is 3.95. The van der Waals surface area contributed by atoms with Gasteiger partial charge in [0.05, 0.1) is 16.3 Å². The molecule has 2 aromatic rings. The van der Waals surface area contributed by atoms with E-state index in [1.165, 1.54) is 16.4 Å². The van der Waals surface area contributed by atoms with E-state index in [1.807, 2.05) is 14.0 Å². The van der Waals surface area contributed by atoms with E-state index in [-0.39, 0.29) is 0 Å². The maximum Gasteiger partial charge on any atom is 0.131 e. The van der Waals surface area contributed by atoms with Crippen molar-refractivity contribution in [2.45, 2.75) is 33.4 Å². The lowest BCUT2D eigenvalue weighted by molar-refractivity contribution is 0.320. The lowest BCUT2D eigenvalue weighted by atomic mass is 10.2. The van der Waals surface area contributed by atoms with Crippen molar-refractivity contribution in [2.75, 3.05) is 7.05 Å². The predicted octanol–water partition coefficient (Wildman–Crippen LogP) is 2.43. The molecule has 0 bridgehead atoms. The van der Waals surface area contributed by atoms with Gasteiger partial charge in [0.2, 0.25) is 0 Å². The molecule has 0 aliphatic carbocycles. The van der Waals surface area contributed by atoms with Gasteiger partial charge >= 0.3 is 0 Å². The largest absolute Gasteiger partial charge is 0.297 e. The van der Waals surface area contributed by atoms with Crippen LogP contribution in [0.3, 0.4) is 0 Å². The van der Waals surface area contributed by atoms with Crippen molar-refractivity contribution in [1.29, 1.82) is 0 Å². The predicted molar refractivity (Wildman–Crippen MR) is 77.4 cm³/mol. The Morgan fingerprint density at radius 1 is 1.37 bits per heavy atom. The average Bonchev–Trinajstić information content (AvgIpc) is 2.88. The minimum atomic E-state index is 0.725. The van der Waals surface area contributed by atoms with Gasteiger partial charge in [0, 0.05) is 25.7 Å². The van der Waals surface area contributed by atoms with Gasteiger partial charge in [-0.3, -0.25) is 9.58 Å². The van der Waals surface area contributed by atoms with Crippen LogP contribution in [0.2, 0.25) is 5.15 Å². The van der Waals surface area contributed by atoms with Crippen molar-refractivity contribution in [3.05, 3.63) is 27.0 Å². The molecule has 2 aromatic heterocycles. The molecule has 0 saturated carbocycles. The van der Waals surface area contributed by atoms with E-state index >= 15 is 0 Å². The number of halogens is 1. The van der Waals surface area contributed by atoms with Gasteiger partial charge in [-0.15, -0.1) is 5.10 Å². The number of hydrogen-bond acceptors (Lipinski definition) is 5. The smallest absolute Gasteiger partial charge is 0.131 e. The Hall–Kier alpha value is -0.980. The SMILES string of the molecule is CCc1nn(C)c(Cl)c1CN(C)Cc1snnc1C. The Morgan fingerprint density at radius 2 is 2.11 bits per heavy atom. The van der Waals surface area contributed by atoms with Gasteiger partial charge in [-0.2, -0.15) is 5.10 Å². The van der Waals surface area contributed by atoms with Gasteiger partial charge in [-0.25, -0.2) is 0 Å². The highest BCUT2D eigenvalue weighted by atomic mass is 35.5. The van der Waals surface area contributed by atoms with Gasteiger partial charge in [0.1, 0.15) is 5.15 Å². The molecule has 0 aliphatic rings. The number of hydrogen-bond donors (Lipinski definition) is 0. The summed E-state index contributed by atoms with van der Waals surface area (Å²) in [5.41, 5.74) is 3.19. The van der Waals surface area contributed by atoms with E-state index in [9.17, 15) is 0 Å². The Morgan fingerprint density at radius 3 is 2.68 bits per heavy atom. The van der Waals surface area contributed by atoms with Crippen molar-refractivity contribution in [2.24, 2.45) is 7.05 Å². The normalized spacial score (nSPS) is 11.5. The van der Waals surface area contributed by atoms with E-state index in [2.05, 4.69) is 33.6 Å². The monoisotopic (exact) mass is 299 g/mol. The zero-order valence-corrected chi connectivity index (χ0v) is 13.2. The maximum absolute atomic E-state index is 6.30. The highest BCUT2D eigenvalue weighted by Crippen LogP contribution is 2.22. The Bertz CT molecular complexity index is 562. The highest BCUT2D eigenvalue weighted by Gasteiger charge is 2.16. The van der Waals surface area contributed by atoms with E-state index < -0.39 is 0 Å². The average molecular weight is 300 g/mol. The molecule has 104 valence electrons. The van der Waals surface area contributed by atoms with Gasteiger partial charge in [-0.05, 0) is 31.9 Å². The van der Waals surface area contributed by atoms with Gasteiger partial charge in [-0.1, -0.05) is 23.0 Å². The van der Waals surface area contributed by atoms with Crippen molar-refractivity contribution >= 4 is 23.1 Å². The second-order valence-corrected chi connectivity index (χ2v) is 5.84. The van der Waals surface area contributed by atoms with Crippen LogP contribution in [0.5, 0.6) is 0 Å². The fraction of sp³-hybridized carbons (Fsp3) is 0.583. The van der Waals surface area contributed by atoms with Crippen LogP contribution < -0.4 is 0 Å². The lowest BCUT2D eigenvalue weighted by Gasteiger charge is -2.15. The molecule has 0 N–H and O–H groups in total. The summed E-state index contributed by atoms with van der Waals surface area (Å²) < 4.78 is 5.70. The first-order valence-corrected chi connectivity index (χ1v) is 7.34. The summed E-state index contributed by atoms with van der Waals surface area (Å²) in [6, 6.07) is 0. The molecule has 0 fully saturated rings. The maximum atomic E-state index is 6.30. The Kier molecular flexibility index (Phi) is 4.54. The first-order chi connectivity index (χ1) is 9.02. The third-order valence-electron chi connectivity index (χ3n) is 3.07. The molecule has 5 nitrogen and oxygen atoms in total. The summed E-state index contributed by atoms with van der Waals surface area (Å²) >= 11 is 7.75. The van der Waals surface area contributed by atoms with Crippen LogP contribution in [-0.2, 0) is 26.6 Å². The Labute approximate surface area is 122 Å². The molecule has 19 heavy (non-hydrogen) atoms. The molecule has 0 atom stereocenters. The fourth-order valence-corrected chi connectivity index (χ4v) is 2.93. The first-order valence-electron chi connectivity index (χ1n) is 6.19. The highest BCUT2D eigenvalue weighted by molar-refractivity contribution is 7.05. The molecule has 2 heterocycles. The van der Waals surface area contributed by atoms with Crippen LogP contribution in [0.25, 0.3) is 0 Å². The number of nitrogens with zero attached hydrogens (tertiary/aromatic N) is 5. The quantitative estimate of drug-likeness (QED) is 0.851. The lowest BCUT2D eigenvalue weighted by Crippen LogP contribution is -2.18. The molecule has 0 amide bonds. The molecule has 0 saturated heterocycles. The van der Waals surface area contributed by atoms with Crippen LogP contribution in [0, 0.1) is 6.92 Å². The van der Waals surface area contributed by atoms with Crippen LogP contribution in [-0.4, -0.2) is 31.3 Å². The van der Waals surface area contributed by atoms with E-state index in [0.29, 0.717) is 0 Å². The summed E-state index contributed by atoms with van der Waals surface area (Å²) in [6.07, 6.45) is 0.894. The fourth-order valence-electron chi connectivity index (χ4n) is 2.01. The van der Waals surface area contributed by atoms with E-state index in [1.54, 1.807) is 4.68 Å². The van der Waals surface area contributed by atoms with Gasteiger partial charge < -0.3 is 0 Å². The minimum absolute atomic E-state index is 0.725. The third-order valence-corrected chi connectivity index (χ3v) is 4.35. The molecule has 7 heteroatoms. The second kappa shape index (κ2) is 5.98. The summed E-state index contributed by atoms with van der Waals surface area (Å²) in [5, 5.41) is 9.19. The number of aryl methyl sites for hydroxylation is 3. The molecule has 0 spiro atoms. The zero-order valence-electron chi connectivity index (χ0n) is 11.6. The molecular weight excluding hydrogens is 282 g/mol. The molecule has 0 aromatic carbocycles. The minimum Gasteiger partial charge on any atom is -0.297 e. The summed E-state index contributed by atoms with van der Waals surface area (Å²) in [5.74, 6) is 0. The molecule has 0 unspecified atom stereocenters. The van der Waals surface area contributed by atoms with Gasteiger partial charge in [0.15, 0.2) is 0 Å². The number of aromatic nitrogens is 4.